The highest BCUT2D eigenvalue weighted by atomic mass is 15.3. The first-order chi connectivity index (χ1) is 4.86. The average molecular weight is 132 g/mol. The van der Waals surface area contributed by atoms with Gasteiger partial charge < -0.3 is 5.84 Å². The SMILES string of the molecule is Nn1cc2ccccc2c1. The Labute approximate surface area is 58.8 Å². The van der Waals surface area contributed by atoms with Crippen LogP contribution in [0.1, 0.15) is 0 Å². The lowest BCUT2D eigenvalue weighted by molar-refractivity contribution is 1.03. The molecular weight excluding hydrogens is 124 g/mol. The van der Waals surface area contributed by atoms with E-state index in [1.54, 1.807) is 4.68 Å². The molecule has 0 radical (unpaired) electrons. The summed E-state index contributed by atoms with van der Waals surface area (Å²) < 4.78 is 1.57. The number of fused-ring (bicyclic) bond motifs is 1. The fraction of sp³-hybridized carbons (Fsp3) is 0. The Balaban J connectivity index is 2.88. The Hall–Kier alpha value is -1.44. The van der Waals surface area contributed by atoms with Gasteiger partial charge in [0, 0.05) is 23.2 Å². The van der Waals surface area contributed by atoms with E-state index in [0.29, 0.717) is 0 Å². The van der Waals surface area contributed by atoms with Gasteiger partial charge in [0.1, 0.15) is 0 Å². The van der Waals surface area contributed by atoms with Gasteiger partial charge in [-0.2, -0.15) is 0 Å². The summed E-state index contributed by atoms with van der Waals surface area (Å²) in [7, 11) is 0. The molecule has 0 aliphatic rings. The van der Waals surface area contributed by atoms with Crippen molar-refractivity contribution in [3.63, 3.8) is 0 Å². The zero-order chi connectivity index (χ0) is 6.97. The Kier molecular flexibility index (Phi) is 0.947. The second-order valence-electron chi connectivity index (χ2n) is 2.33. The van der Waals surface area contributed by atoms with Crippen molar-refractivity contribution in [1.29, 1.82) is 0 Å². The van der Waals surface area contributed by atoms with E-state index in [9.17, 15) is 0 Å². The van der Waals surface area contributed by atoms with Crippen molar-refractivity contribution in [2.75, 3.05) is 5.84 Å². The van der Waals surface area contributed by atoms with Crippen molar-refractivity contribution in [2.45, 2.75) is 0 Å². The molecule has 0 saturated heterocycles. The van der Waals surface area contributed by atoms with Gasteiger partial charge in [-0.05, 0) is 0 Å². The van der Waals surface area contributed by atoms with Crippen LogP contribution in [0.15, 0.2) is 36.7 Å². The number of benzene rings is 1. The second kappa shape index (κ2) is 1.77. The lowest BCUT2D eigenvalue weighted by atomic mass is 10.2. The van der Waals surface area contributed by atoms with Gasteiger partial charge in [-0.25, -0.2) is 0 Å². The van der Waals surface area contributed by atoms with Crippen LogP contribution < -0.4 is 5.84 Å². The van der Waals surface area contributed by atoms with E-state index in [4.69, 9.17) is 5.84 Å². The minimum atomic E-state index is 1.19. The molecule has 1 heterocycles. The van der Waals surface area contributed by atoms with Crippen molar-refractivity contribution in [1.82, 2.24) is 4.68 Å². The number of rotatable bonds is 0. The Morgan fingerprint density at radius 3 is 2.00 bits per heavy atom. The number of nitrogens with zero attached hydrogens (tertiary/aromatic N) is 1. The summed E-state index contributed by atoms with van der Waals surface area (Å²) in [5.74, 6) is 5.51. The zero-order valence-corrected chi connectivity index (χ0v) is 5.49. The molecule has 2 aromatic rings. The van der Waals surface area contributed by atoms with E-state index in [2.05, 4.69) is 0 Å². The molecule has 10 heavy (non-hydrogen) atoms. The van der Waals surface area contributed by atoms with Crippen LogP contribution in [0.3, 0.4) is 0 Å². The molecule has 0 aliphatic carbocycles. The van der Waals surface area contributed by atoms with Crippen LogP contribution in [0.2, 0.25) is 0 Å². The van der Waals surface area contributed by atoms with Crippen LogP contribution in [-0.4, -0.2) is 4.68 Å². The molecular formula is C8H8N2. The van der Waals surface area contributed by atoms with Crippen LogP contribution in [0.5, 0.6) is 0 Å². The lowest BCUT2D eigenvalue weighted by Crippen LogP contribution is -2.02. The molecule has 0 saturated carbocycles. The molecule has 0 fully saturated rings. The predicted molar refractivity (Wildman–Crippen MR) is 42.1 cm³/mol. The summed E-state index contributed by atoms with van der Waals surface area (Å²) in [4.78, 5) is 0. The Morgan fingerprint density at radius 2 is 1.50 bits per heavy atom. The molecule has 0 bridgehead atoms. The molecule has 2 rings (SSSR count). The third-order valence-corrected chi connectivity index (χ3v) is 1.57. The highest BCUT2D eigenvalue weighted by Crippen LogP contribution is 2.11. The summed E-state index contributed by atoms with van der Waals surface area (Å²) in [5.41, 5.74) is 0. The molecule has 50 valence electrons. The maximum absolute atomic E-state index is 5.51. The van der Waals surface area contributed by atoms with Crippen molar-refractivity contribution in [3.05, 3.63) is 36.7 Å². The van der Waals surface area contributed by atoms with E-state index in [1.807, 2.05) is 36.7 Å². The van der Waals surface area contributed by atoms with Gasteiger partial charge in [0.25, 0.3) is 0 Å². The fourth-order valence-corrected chi connectivity index (χ4v) is 1.10. The fourth-order valence-electron chi connectivity index (χ4n) is 1.10. The maximum Gasteiger partial charge on any atom is 0.0334 e. The number of nitrogen functional groups attached to an aromatic ring is 1. The molecule has 0 aliphatic heterocycles. The van der Waals surface area contributed by atoms with Crippen molar-refractivity contribution >= 4 is 10.8 Å². The minimum absolute atomic E-state index is 1.19. The molecule has 2 nitrogen and oxygen atoms in total. The highest BCUT2D eigenvalue weighted by Gasteiger charge is 1.91. The Bertz CT molecular complexity index is 316. The molecule has 2 heteroatoms. The molecule has 0 amide bonds. The number of nitrogens with two attached hydrogens (primary N) is 1. The topological polar surface area (TPSA) is 30.9 Å². The van der Waals surface area contributed by atoms with Gasteiger partial charge in [0.05, 0.1) is 0 Å². The quantitative estimate of drug-likeness (QED) is 0.539. The summed E-state index contributed by atoms with van der Waals surface area (Å²) >= 11 is 0. The molecule has 0 spiro atoms. The van der Waals surface area contributed by atoms with Crippen LogP contribution >= 0.6 is 0 Å². The first-order valence-corrected chi connectivity index (χ1v) is 3.18. The van der Waals surface area contributed by atoms with Crippen LogP contribution in [0.25, 0.3) is 10.8 Å². The van der Waals surface area contributed by atoms with Crippen LogP contribution in [-0.2, 0) is 0 Å². The van der Waals surface area contributed by atoms with E-state index in [0.717, 1.165) is 0 Å². The van der Waals surface area contributed by atoms with Gasteiger partial charge in [0.2, 0.25) is 0 Å². The third-order valence-electron chi connectivity index (χ3n) is 1.57. The summed E-state index contributed by atoms with van der Waals surface area (Å²) in [5, 5.41) is 2.37. The maximum atomic E-state index is 5.51. The summed E-state index contributed by atoms with van der Waals surface area (Å²) in [6.07, 6.45) is 3.80. The van der Waals surface area contributed by atoms with Crippen LogP contribution in [0, 0.1) is 0 Å². The lowest BCUT2D eigenvalue weighted by Gasteiger charge is -1.82. The van der Waals surface area contributed by atoms with E-state index in [1.165, 1.54) is 10.8 Å². The van der Waals surface area contributed by atoms with Gasteiger partial charge in [-0.15, -0.1) is 0 Å². The normalized spacial score (nSPS) is 10.4. The molecule has 1 aromatic heterocycles. The van der Waals surface area contributed by atoms with E-state index < -0.39 is 0 Å². The monoisotopic (exact) mass is 132 g/mol. The highest BCUT2D eigenvalue weighted by molar-refractivity contribution is 5.81. The molecule has 2 N–H and O–H groups in total. The standard InChI is InChI=1S/C8H8N2/c9-10-5-7-3-1-2-4-8(7)6-10/h1-6H,9H2. The van der Waals surface area contributed by atoms with Crippen molar-refractivity contribution < 1.29 is 0 Å². The largest absolute Gasteiger partial charge is 0.340 e. The van der Waals surface area contributed by atoms with E-state index in [-0.39, 0.29) is 0 Å². The number of hydrogen-bond acceptors (Lipinski definition) is 1. The smallest absolute Gasteiger partial charge is 0.0334 e. The van der Waals surface area contributed by atoms with Gasteiger partial charge in [0.15, 0.2) is 0 Å². The zero-order valence-electron chi connectivity index (χ0n) is 5.49. The summed E-state index contributed by atoms with van der Waals surface area (Å²) in [6.45, 7) is 0. The molecule has 0 unspecified atom stereocenters. The average Bonchev–Trinajstić information content (AvgIpc) is 2.27. The second-order valence-corrected chi connectivity index (χ2v) is 2.33. The van der Waals surface area contributed by atoms with Gasteiger partial charge in [-0.3, -0.25) is 4.68 Å². The number of aromatic nitrogens is 1. The minimum Gasteiger partial charge on any atom is -0.340 e. The summed E-state index contributed by atoms with van der Waals surface area (Å²) in [6, 6.07) is 8.09. The van der Waals surface area contributed by atoms with Crippen molar-refractivity contribution in [3.8, 4) is 0 Å². The molecule has 0 atom stereocenters. The first kappa shape index (κ1) is 5.35. The third kappa shape index (κ3) is 0.658. The first-order valence-electron chi connectivity index (χ1n) is 3.18. The van der Waals surface area contributed by atoms with Gasteiger partial charge in [-0.1, -0.05) is 24.3 Å². The van der Waals surface area contributed by atoms with E-state index >= 15 is 0 Å². The molecule has 1 aromatic carbocycles. The predicted octanol–water partition coefficient (Wildman–Crippen LogP) is 1.36. The van der Waals surface area contributed by atoms with Crippen molar-refractivity contribution in [2.24, 2.45) is 0 Å². The number of hydrogen-bond donors (Lipinski definition) is 1. The van der Waals surface area contributed by atoms with Crippen LogP contribution in [0.4, 0.5) is 0 Å². The van der Waals surface area contributed by atoms with Gasteiger partial charge >= 0.3 is 0 Å². The Morgan fingerprint density at radius 1 is 1.00 bits per heavy atom.